The number of aliphatic hydroxyl groups excluding tert-OH is 1. The van der Waals surface area contributed by atoms with Crippen molar-refractivity contribution in [2.75, 3.05) is 31.5 Å². The Kier molecular flexibility index (Phi) is 6.80. The van der Waals surface area contributed by atoms with Crippen molar-refractivity contribution in [2.45, 2.75) is 38.7 Å². The minimum absolute atomic E-state index is 0.143. The Morgan fingerprint density at radius 1 is 1.30 bits per heavy atom. The third-order valence-corrected chi connectivity index (χ3v) is 4.04. The highest BCUT2D eigenvalue weighted by atomic mass is 19.1. The smallest absolute Gasteiger partial charge is 0.319 e. The number of carbonyl (C=O) groups excluding carboxylic acids is 1. The number of aryl methyl sites for hydroxylation is 1. The number of nitrogens with zero attached hydrogens (tertiary/aromatic N) is 1. The molecule has 1 aromatic carbocycles. The van der Waals surface area contributed by atoms with Crippen LogP contribution in [0.5, 0.6) is 0 Å². The van der Waals surface area contributed by atoms with E-state index in [9.17, 15) is 14.3 Å². The second kappa shape index (κ2) is 8.84. The fraction of sp³-hybridized carbons (Fsp3) is 0.588. The molecule has 1 aliphatic rings. The molecule has 0 radical (unpaired) electrons. The molecule has 128 valence electrons. The summed E-state index contributed by atoms with van der Waals surface area (Å²) in [6.45, 7) is 4.53. The number of likely N-dealkylation sites (tertiary alicyclic amines) is 1. The molecule has 1 heterocycles. The fourth-order valence-corrected chi connectivity index (χ4v) is 2.79. The molecule has 2 amide bonds. The molecule has 23 heavy (non-hydrogen) atoms. The molecule has 0 saturated carbocycles. The van der Waals surface area contributed by atoms with Crippen LogP contribution in [0.25, 0.3) is 0 Å². The van der Waals surface area contributed by atoms with E-state index >= 15 is 0 Å². The van der Waals surface area contributed by atoms with Crippen LogP contribution in [-0.2, 0) is 0 Å². The average Bonchev–Trinajstić information content (AvgIpc) is 2.77. The topological polar surface area (TPSA) is 64.6 Å². The zero-order valence-electron chi connectivity index (χ0n) is 13.6. The summed E-state index contributed by atoms with van der Waals surface area (Å²) in [7, 11) is 0. The highest BCUT2D eigenvalue weighted by molar-refractivity contribution is 5.89. The highest BCUT2D eigenvalue weighted by Gasteiger charge is 2.15. The number of carbonyl (C=O) groups is 1. The van der Waals surface area contributed by atoms with Gasteiger partial charge in [0.1, 0.15) is 5.82 Å². The van der Waals surface area contributed by atoms with Crippen molar-refractivity contribution in [2.24, 2.45) is 0 Å². The summed E-state index contributed by atoms with van der Waals surface area (Å²) < 4.78 is 13.6. The lowest BCUT2D eigenvalue weighted by Crippen LogP contribution is -2.41. The van der Waals surface area contributed by atoms with Crippen molar-refractivity contribution in [1.29, 1.82) is 0 Å². The molecule has 0 bridgehead atoms. The van der Waals surface area contributed by atoms with Crippen molar-refractivity contribution in [3.05, 3.63) is 29.6 Å². The van der Waals surface area contributed by atoms with Gasteiger partial charge in [0.15, 0.2) is 0 Å². The van der Waals surface area contributed by atoms with Crippen molar-refractivity contribution >= 4 is 11.7 Å². The van der Waals surface area contributed by atoms with E-state index in [0.29, 0.717) is 6.54 Å². The van der Waals surface area contributed by atoms with Gasteiger partial charge in [-0.1, -0.05) is 18.9 Å². The highest BCUT2D eigenvalue weighted by Crippen LogP contribution is 2.15. The standard InChI is InChI=1S/C17H26FN3O2/c1-13-6-7-15(18)16(10-13)20-17(23)19-11-14(22)12-21-8-4-2-3-5-9-21/h6-7,10,14,22H,2-5,8-9,11-12H2,1H3,(H2,19,20,23)/t14-/m1/s1. The summed E-state index contributed by atoms with van der Waals surface area (Å²) in [4.78, 5) is 14.0. The Morgan fingerprint density at radius 2 is 2.00 bits per heavy atom. The number of β-amino-alcohol motifs (C(OH)–C–C–N with tert-alkyl or cyclic N) is 1. The van der Waals surface area contributed by atoms with Crippen LogP contribution in [0.4, 0.5) is 14.9 Å². The van der Waals surface area contributed by atoms with Gasteiger partial charge in [0.25, 0.3) is 0 Å². The lowest BCUT2D eigenvalue weighted by molar-refractivity contribution is 0.115. The van der Waals surface area contributed by atoms with Crippen LogP contribution in [-0.4, -0.2) is 48.3 Å². The summed E-state index contributed by atoms with van der Waals surface area (Å²) >= 11 is 0. The first kappa shape index (κ1) is 17.7. The number of urea groups is 1. The summed E-state index contributed by atoms with van der Waals surface area (Å²) in [6.07, 6.45) is 4.19. The van der Waals surface area contributed by atoms with Crippen molar-refractivity contribution < 1.29 is 14.3 Å². The largest absolute Gasteiger partial charge is 0.390 e. The quantitative estimate of drug-likeness (QED) is 0.780. The molecule has 1 aromatic rings. The molecule has 0 aromatic heterocycles. The number of nitrogens with one attached hydrogen (secondary N) is 2. The molecule has 0 aliphatic carbocycles. The molecular formula is C17H26FN3O2. The predicted octanol–water partition coefficient (Wildman–Crippen LogP) is 2.49. The van der Waals surface area contributed by atoms with E-state index in [1.54, 1.807) is 12.1 Å². The van der Waals surface area contributed by atoms with Gasteiger partial charge in [-0.15, -0.1) is 0 Å². The first-order valence-corrected chi connectivity index (χ1v) is 8.26. The number of halogens is 1. The van der Waals surface area contributed by atoms with E-state index in [1.807, 2.05) is 6.92 Å². The second-order valence-electron chi connectivity index (χ2n) is 6.19. The molecular weight excluding hydrogens is 297 g/mol. The van der Waals surface area contributed by atoms with E-state index in [2.05, 4.69) is 15.5 Å². The number of rotatable bonds is 5. The molecule has 1 aliphatic heterocycles. The Labute approximate surface area is 136 Å². The normalized spacial score (nSPS) is 17.3. The zero-order valence-corrected chi connectivity index (χ0v) is 13.6. The Balaban J connectivity index is 1.73. The first-order chi connectivity index (χ1) is 11.0. The van der Waals surface area contributed by atoms with Crippen LogP contribution in [0.2, 0.25) is 0 Å². The average molecular weight is 323 g/mol. The Morgan fingerprint density at radius 3 is 2.70 bits per heavy atom. The number of amides is 2. The third-order valence-electron chi connectivity index (χ3n) is 4.04. The van der Waals surface area contributed by atoms with Gasteiger partial charge in [0.2, 0.25) is 0 Å². The van der Waals surface area contributed by atoms with Gasteiger partial charge in [-0.3, -0.25) is 0 Å². The molecule has 1 saturated heterocycles. The summed E-state index contributed by atoms with van der Waals surface area (Å²) in [6, 6.07) is 4.02. The Hall–Kier alpha value is -1.66. The van der Waals surface area contributed by atoms with E-state index < -0.39 is 18.0 Å². The van der Waals surface area contributed by atoms with Gasteiger partial charge in [-0.25, -0.2) is 9.18 Å². The lowest BCUT2D eigenvalue weighted by atomic mass is 10.2. The molecule has 6 heteroatoms. The fourth-order valence-electron chi connectivity index (χ4n) is 2.79. The maximum absolute atomic E-state index is 13.6. The number of anilines is 1. The van der Waals surface area contributed by atoms with Crippen molar-refractivity contribution in [3.63, 3.8) is 0 Å². The maximum Gasteiger partial charge on any atom is 0.319 e. The SMILES string of the molecule is Cc1ccc(F)c(NC(=O)NC[C@@H](O)CN2CCCCCC2)c1. The van der Waals surface area contributed by atoms with Crippen LogP contribution in [0.3, 0.4) is 0 Å². The Bertz CT molecular complexity index is 517. The predicted molar refractivity (Wildman–Crippen MR) is 89.1 cm³/mol. The van der Waals surface area contributed by atoms with Crippen LogP contribution in [0, 0.1) is 12.7 Å². The van der Waals surface area contributed by atoms with Crippen LogP contribution in [0.1, 0.15) is 31.2 Å². The van der Waals surface area contributed by atoms with E-state index in [4.69, 9.17) is 0 Å². The van der Waals surface area contributed by atoms with Crippen LogP contribution < -0.4 is 10.6 Å². The summed E-state index contributed by atoms with van der Waals surface area (Å²) in [5.74, 6) is -0.476. The number of hydrogen-bond acceptors (Lipinski definition) is 3. The van der Waals surface area contributed by atoms with Crippen molar-refractivity contribution in [3.8, 4) is 0 Å². The first-order valence-electron chi connectivity index (χ1n) is 8.26. The van der Waals surface area contributed by atoms with Crippen LogP contribution >= 0.6 is 0 Å². The van der Waals surface area contributed by atoms with Gasteiger partial charge in [-0.2, -0.15) is 0 Å². The van der Waals surface area contributed by atoms with E-state index in [1.165, 1.54) is 18.9 Å². The minimum atomic E-state index is -0.624. The van der Waals surface area contributed by atoms with Gasteiger partial charge < -0.3 is 20.6 Å². The summed E-state index contributed by atoms with van der Waals surface area (Å²) in [5, 5.41) is 15.1. The van der Waals surface area contributed by atoms with Gasteiger partial charge >= 0.3 is 6.03 Å². The molecule has 0 unspecified atom stereocenters. The number of aliphatic hydroxyl groups is 1. The minimum Gasteiger partial charge on any atom is -0.390 e. The van der Waals surface area contributed by atoms with Gasteiger partial charge in [0.05, 0.1) is 11.8 Å². The zero-order chi connectivity index (χ0) is 16.7. The molecule has 2 rings (SSSR count). The third kappa shape index (κ3) is 6.15. The second-order valence-corrected chi connectivity index (χ2v) is 6.19. The number of hydrogen-bond donors (Lipinski definition) is 3. The molecule has 5 nitrogen and oxygen atoms in total. The monoisotopic (exact) mass is 323 g/mol. The van der Waals surface area contributed by atoms with Crippen LogP contribution in [0.15, 0.2) is 18.2 Å². The van der Waals surface area contributed by atoms with Gasteiger partial charge in [0, 0.05) is 13.1 Å². The molecule has 0 spiro atoms. The van der Waals surface area contributed by atoms with E-state index in [-0.39, 0.29) is 12.2 Å². The van der Waals surface area contributed by atoms with Gasteiger partial charge in [-0.05, 0) is 50.6 Å². The lowest BCUT2D eigenvalue weighted by Gasteiger charge is -2.23. The maximum atomic E-state index is 13.6. The number of benzene rings is 1. The van der Waals surface area contributed by atoms with Crippen molar-refractivity contribution in [1.82, 2.24) is 10.2 Å². The molecule has 1 atom stereocenters. The summed E-state index contributed by atoms with van der Waals surface area (Å²) in [5.41, 5.74) is 1.01. The molecule has 1 fully saturated rings. The van der Waals surface area contributed by atoms with E-state index in [0.717, 1.165) is 31.5 Å². The molecule has 3 N–H and O–H groups in total.